The SMILES string of the molecule is CCC(=O)Nc1cc(NCC(=O)Nc2cccc(OCCc3ccccc3)c2)ccc1C. The van der Waals surface area contributed by atoms with E-state index in [2.05, 4.69) is 28.1 Å². The number of ether oxygens (including phenoxy) is 1. The van der Waals surface area contributed by atoms with E-state index in [-0.39, 0.29) is 18.4 Å². The second kappa shape index (κ2) is 11.6. The quantitative estimate of drug-likeness (QED) is 0.421. The van der Waals surface area contributed by atoms with Gasteiger partial charge in [0.1, 0.15) is 5.75 Å². The number of nitrogens with one attached hydrogen (secondary N) is 3. The van der Waals surface area contributed by atoms with Crippen LogP contribution < -0.4 is 20.7 Å². The molecule has 0 aromatic heterocycles. The Bertz CT molecular complexity index is 1050. The Morgan fingerprint density at radius 2 is 1.66 bits per heavy atom. The molecule has 0 atom stereocenters. The van der Waals surface area contributed by atoms with Crippen molar-refractivity contribution < 1.29 is 14.3 Å². The van der Waals surface area contributed by atoms with Crippen LogP contribution in [0.1, 0.15) is 24.5 Å². The van der Waals surface area contributed by atoms with Crippen molar-refractivity contribution in [3.63, 3.8) is 0 Å². The lowest BCUT2D eigenvalue weighted by molar-refractivity contribution is -0.116. The Hall–Kier alpha value is -3.80. The predicted octanol–water partition coefficient (Wildman–Crippen LogP) is 5.02. The maximum Gasteiger partial charge on any atom is 0.243 e. The maximum absolute atomic E-state index is 12.4. The summed E-state index contributed by atoms with van der Waals surface area (Å²) in [6, 6.07) is 23.1. The van der Waals surface area contributed by atoms with Crippen LogP contribution in [0, 0.1) is 6.92 Å². The zero-order valence-corrected chi connectivity index (χ0v) is 18.5. The Morgan fingerprint density at radius 1 is 0.844 bits per heavy atom. The van der Waals surface area contributed by atoms with Gasteiger partial charge in [-0.1, -0.05) is 49.4 Å². The second-order valence-electron chi connectivity index (χ2n) is 7.45. The summed E-state index contributed by atoms with van der Waals surface area (Å²) < 4.78 is 5.83. The third kappa shape index (κ3) is 7.16. The van der Waals surface area contributed by atoms with Crippen LogP contribution in [0.3, 0.4) is 0 Å². The van der Waals surface area contributed by atoms with Gasteiger partial charge in [0.2, 0.25) is 11.8 Å². The Kier molecular flexibility index (Phi) is 8.26. The molecular formula is C26H29N3O3. The summed E-state index contributed by atoms with van der Waals surface area (Å²) in [6.07, 6.45) is 1.23. The molecule has 3 N–H and O–H groups in total. The fraction of sp³-hybridized carbons (Fsp3) is 0.231. The summed E-state index contributed by atoms with van der Waals surface area (Å²) in [5.74, 6) is 0.488. The van der Waals surface area contributed by atoms with E-state index in [9.17, 15) is 9.59 Å². The number of aryl methyl sites for hydroxylation is 1. The van der Waals surface area contributed by atoms with E-state index in [1.54, 1.807) is 6.92 Å². The highest BCUT2D eigenvalue weighted by molar-refractivity contribution is 5.94. The maximum atomic E-state index is 12.4. The normalized spacial score (nSPS) is 10.3. The zero-order valence-electron chi connectivity index (χ0n) is 18.5. The molecule has 0 bridgehead atoms. The van der Waals surface area contributed by atoms with Gasteiger partial charge in [-0.15, -0.1) is 0 Å². The van der Waals surface area contributed by atoms with Gasteiger partial charge in [0.15, 0.2) is 0 Å². The van der Waals surface area contributed by atoms with Crippen molar-refractivity contribution in [3.05, 3.63) is 83.9 Å². The first-order valence-corrected chi connectivity index (χ1v) is 10.7. The summed E-state index contributed by atoms with van der Waals surface area (Å²) >= 11 is 0. The van der Waals surface area contributed by atoms with E-state index in [1.807, 2.05) is 67.6 Å². The standard InChI is InChI=1S/C26H29N3O3/c1-3-25(30)29-24-17-21(13-12-19(24)2)27-18-26(31)28-22-10-7-11-23(16-22)32-15-14-20-8-5-4-6-9-20/h4-13,16-17,27H,3,14-15,18H2,1-2H3,(H,28,31)(H,29,30). The van der Waals surface area contributed by atoms with E-state index in [4.69, 9.17) is 4.74 Å². The van der Waals surface area contributed by atoms with Crippen molar-refractivity contribution in [3.8, 4) is 5.75 Å². The summed E-state index contributed by atoms with van der Waals surface area (Å²) in [6.45, 7) is 4.40. The van der Waals surface area contributed by atoms with Gasteiger partial charge in [-0.2, -0.15) is 0 Å². The molecule has 3 rings (SSSR count). The molecule has 0 saturated carbocycles. The molecule has 0 aliphatic rings. The average Bonchev–Trinajstić information content (AvgIpc) is 2.80. The molecule has 2 amide bonds. The number of anilines is 3. The minimum Gasteiger partial charge on any atom is -0.493 e. The van der Waals surface area contributed by atoms with E-state index >= 15 is 0 Å². The minimum atomic E-state index is -0.175. The Morgan fingerprint density at radius 3 is 2.44 bits per heavy atom. The number of hydrogen-bond donors (Lipinski definition) is 3. The van der Waals surface area contributed by atoms with Crippen LogP contribution >= 0.6 is 0 Å². The molecule has 0 fully saturated rings. The second-order valence-corrected chi connectivity index (χ2v) is 7.45. The zero-order chi connectivity index (χ0) is 22.8. The van der Waals surface area contributed by atoms with Crippen molar-refractivity contribution in [2.75, 3.05) is 29.1 Å². The fourth-order valence-corrected chi connectivity index (χ4v) is 3.09. The smallest absolute Gasteiger partial charge is 0.243 e. The van der Waals surface area contributed by atoms with E-state index in [1.165, 1.54) is 5.56 Å². The predicted molar refractivity (Wildman–Crippen MR) is 129 cm³/mol. The van der Waals surface area contributed by atoms with Gasteiger partial charge in [0.05, 0.1) is 13.2 Å². The molecule has 0 heterocycles. The molecule has 0 aliphatic heterocycles. The Labute approximate surface area is 189 Å². The van der Waals surface area contributed by atoms with Crippen molar-refractivity contribution >= 4 is 28.9 Å². The summed E-state index contributed by atoms with van der Waals surface area (Å²) in [5.41, 5.74) is 4.36. The van der Waals surface area contributed by atoms with Crippen molar-refractivity contribution in [2.24, 2.45) is 0 Å². The first-order valence-electron chi connectivity index (χ1n) is 10.7. The van der Waals surface area contributed by atoms with Crippen LogP contribution in [-0.4, -0.2) is 25.0 Å². The van der Waals surface area contributed by atoms with Crippen LogP contribution in [0.4, 0.5) is 17.1 Å². The van der Waals surface area contributed by atoms with Crippen LogP contribution in [0.15, 0.2) is 72.8 Å². The van der Waals surface area contributed by atoms with E-state index < -0.39 is 0 Å². The molecular weight excluding hydrogens is 402 g/mol. The summed E-state index contributed by atoms with van der Waals surface area (Å²) in [4.78, 5) is 24.1. The lowest BCUT2D eigenvalue weighted by atomic mass is 10.1. The number of carbonyl (C=O) groups is 2. The molecule has 6 nitrogen and oxygen atoms in total. The van der Waals surface area contributed by atoms with Crippen molar-refractivity contribution in [1.29, 1.82) is 0 Å². The number of carbonyl (C=O) groups excluding carboxylic acids is 2. The molecule has 0 aliphatic carbocycles. The van der Waals surface area contributed by atoms with E-state index in [0.717, 1.165) is 23.4 Å². The van der Waals surface area contributed by atoms with Crippen molar-refractivity contribution in [2.45, 2.75) is 26.7 Å². The van der Waals surface area contributed by atoms with Gasteiger partial charge < -0.3 is 20.7 Å². The highest BCUT2D eigenvalue weighted by Crippen LogP contribution is 2.21. The summed E-state index contributed by atoms with van der Waals surface area (Å²) in [7, 11) is 0. The van der Waals surface area contributed by atoms with Crippen molar-refractivity contribution in [1.82, 2.24) is 0 Å². The minimum absolute atomic E-state index is 0.0473. The lowest BCUT2D eigenvalue weighted by Gasteiger charge is -2.12. The third-order valence-electron chi connectivity index (χ3n) is 4.91. The van der Waals surface area contributed by atoms with Gasteiger partial charge in [-0.3, -0.25) is 9.59 Å². The molecule has 6 heteroatoms. The number of amides is 2. The van der Waals surface area contributed by atoms with Crippen LogP contribution in [0.25, 0.3) is 0 Å². The van der Waals surface area contributed by atoms with Gasteiger partial charge in [-0.25, -0.2) is 0 Å². The highest BCUT2D eigenvalue weighted by atomic mass is 16.5. The van der Waals surface area contributed by atoms with Crippen LogP contribution in [0.2, 0.25) is 0 Å². The van der Waals surface area contributed by atoms with Gasteiger partial charge in [0, 0.05) is 36.0 Å². The van der Waals surface area contributed by atoms with Gasteiger partial charge >= 0.3 is 0 Å². The molecule has 0 saturated heterocycles. The fourth-order valence-electron chi connectivity index (χ4n) is 3.09. The molecule has 0 spiro atoms. The first kappa shape index (κ1) is 22.9. The molecule has 3 aromatic rings. The number of benzene rings is 3. The Balaban J connectivity index is 1.49. The highest BCUT2D eigenvalue weighted by Gasteiger charge is 2.07. The third-order valence-corrected chi connectivity index (χ3v) is 4.91. The molecule has 0 radical (unpaired) electrons. The molecule has 32 heavy (non-hydrogen) atoms. The topological polar surface area (TPSA) is 79.5 Å². The first-order chi connectivity index (χ1) is 15.5. The molecule has 0 unspecified atom stereocenters. The van der Waals surface area contributed by atoms with Crippen LogP contribution in [0.5, 0.6) is 5.75 Å². The van der Waals surface area contributed by atoms with E-state index in [0.29, 0.717) is 24.5 Å². The average molecular weight is 432 g/mol. The van der Waals surface area contributed by atoms with Gasteiger partial charge in [0.25, 0.3) is 0 Å². The van der Waals surface area contributed by atoms with Gasteiger partial charge in [-0.05, 0) is 42.3 Å². The molecule has 166 valence electrons. The largest absolute Gasteiger partial charge is 0.493 e. The number of rotatable bonds is 10. The lowest BCUT2D eigenvalue weighted by Crippen LogP contribution is -2.22. The summed E-state index contributed by atoms with van der Waals surface area (Å²) in [5, 5.41) is 8.84. The van der Waals surface area contributed by atoms with Crippen LogP contribution in [-0.2, 0) is 16.0 Å². The monoisotopic (exact) mass is 431 g/mol. The molecule has 3 aromatic carbocycles. The number of hydrogen-bond acceptors (Lipinski definition) is 4.